The number of aromatic nitrogens is 4. The lowest BCUT2D eigenvalue weighted by molar-refractivity contribution is -0.165. The van der Waals surface area contributed by atoms with Crippen LogP contribution in [0.5, 0.6) is 5.75 Å². The maximum Gasteiger partial charge on any atom is 0.355 e. The molecule has 1 aromatic carbocycles. The average molecular weight is 849 g/mol. The summed E-state index contributed by atoms with van der Waals surface area (Å²) in [6.45, 7) is 16.3. The van der Waals surface area contributed by atoms with Crippen LogP contribution in [0.4, 0.5) is 22.6 Å². The Balaban J connectivity index is 0.917. The van der Waals surface area contributed by atoms with Crippen LogP contribution in [0.2, 0.25) is 0 Å². The predicted octanol–water partition coefficient (Wildman–Crippen LogP) is 7.37. The van der Waals surface area contributed by atoms with E-state index in [-0.39, 0.29) is 22.1 Å². The first-order chi connectivity index (χ1) is 29.4. The van der Waals surface area contributed by atoms with Gasteiger partial charge in [-0.1, -0.05) is 25.2 Å². The zero-order valence-corrected chi connectivity index (χ0v) is 37.0. The second-order valence-corrected chi connectivity index (χ2v) is 20.0. The molecule has 324 valence electrons. The molecule has 6 aliphatic rings. The monoisotopic (exact) mass is 848 g/mol. The number of thiazole rings is 1. The van der Waals surface area contributed by atoms with Gasteiger partial charge in [-0.05, 0) is 112 Å². The maximum atomic E-state index is 12.9. The fourth-order valence-corrected chi connectivity index (χ4v) is 12.9. The van der Waals surface area contributed by atoms with Gasteiger partial charge in [0.25, 0.3) is 0 Å². The lowest BCUT2D eigenvalue weighted by Gasteiger charge is -2.56. The fraction of sp³-hybridized carbons (Fsp3) is 0.565. The molecule has 4 bridgehead atoms. The number of allylic oxidation sites excluding steroid dienone is 1. The lowest BCUT2D eigenvalue weighted by atomic mass is 9.53. The minimum atomic E-state index is -1.13. The van der Waals surface area contributed by atoms with Crippen molar-refractivity contribution in [2.75, 3.05) is 69.7 Å². The molecule has 1 saturated heterocycles. The normalized spacial score (nSPS) is 27.9. The number of aliphatic imine (C=N–C) groups is 1. The number of anilines is 4. The zero-order chi connectivity index (χ0) is 42.5. The molecular weight excluding hydrogens is 789 g/mol. The van der Waals surface area contributed by atoms with Crippen LogP contribution in [0.1, 0.15) is 92.9 Å². The molecule has 4 aliphatic carbocycles. The van der Waals surface area contributed by atoms with E-state index in [0.717, 1.165) is 111 Å². The molecule has 5 unspecified atom stereocenters. The molecule has 5 N–H and O–H groups in total. The van der Waals surface area contributed by atoms with Crippen molar-refractivity contribution >= 4 is 61.4 Å². The van der Waals surface area contributed by atoms with E-state index in [2.05, 4.69) is 39.6 Å². The second-order valence-electron chi connectivity index (χ2n) is 19.0. The van der Waals surface area contributed by atoms with Crippen LogP contribution in [0, 0.1) is 29.6 Å². The SMILES string of the molecule is COc1ccc2sc(Nc3nnc4c(c3C)CCCN4c3ccc(C(=CN)C(C)=NCC4CC5(C)CC6(C)CC4CC(OCCN4CCNCC4)(C5)C6)c(C(=O)O)n3)nc2c1. The lowest BCUT2D eigenvalue weighted by Crippen LogP contribution is -2.53. The number of piperazine rings is 1. The third-order valence-corrected chi connectivity index (χ3v) is 15.1. The molecule has 61 heavy (non-hydrogen) atoms. The number of carbonyl (C=O) groups is 1. The quantitative estimate of drug-likeness (QED) is 0.0983. The highest BCUT2D eigenvalue weighted by Crippen LogP contribution is 2.66. The van der Waals surface area contributed by atoms with Crippen LogP contribution < -0.4 is 26.0 Å². The number of pyridine rings is 1. The van der Waals surface area contributed by atoms with E-state index in [4.69, 9.17) is 30.2 Å². The van der Waals surface area contributed by atoms with Gasteiger partial charge >= 0.3 is 5.97 Å². The number of benzene rings is 1. The number of rotatable bonds is 13. The number of aromatic carboxylic acids is 1. The highest BCUT2D eigenvalue weighted by atomic mass is 32.1. The zero-order valence-electron chi connectivity index (χ0n) is 36.2. The van der Waals surface area contributed by atoms with Crippen LogP contribution in [-0.2, 0) is 11.2 Å². The number of ether oxygens (including phenoxy) is 2. The molecule has 4 aromatic rings. The highest BCUT2D eigenvalue weighted by molar-refractivity contribution is 7.22. The number of methoxy groups -OCH3 is 1. The highest BCUT2D eigenvalue weighted by Gasteiger charge is 2.60. The summed E-state index contributed by atoms with van der Waals surface area (Å²) in [4.78, 5) is 32.1. The minimum absolute atomic E-state index is 0.0662. The Morgan fingerprint density at radius 2 is 1.89 bits per heavy atom. The summed E-state index contributed by atoms with van der Waals surface area (Å²) < 4.78 is 13.4. The first kappa shape index (κ1) is 41.6. The summed E-state index contributed by atoms with van der Waals surface area (Å²) >= 11 is 1.54. The Bertz CT molecular complexity index is 2380. The van der Waals surface area contributed by atoms with Crippen molar-refractivity contribution in [1.82, 2.24) is 30.4 Å². The van der Waals surface area contributed by atoms with Crippen LogP contribution in [0.25, 0.3) is 15.8 Å². The largest absolute Gasteiger partial charge is 0.497 e. The third-order valence-electron chi connectivity index (χ3n) is 14.2. The molecular formula is C46H60N10O4S. The number of fused-ring (bicyclic) bond motifs is 3. The van der Waals surface area contributed by atoms with Gasteiger partial charge in [0.15, 0.2) is 22.5 Å². The topological polar surface area (TPSA) is 176 Å². The summed E-state index contributed by atoms with van der Waals surface area (Å²) in [6, 6.07) is 9.50. The molecule has 4 saturated carbocycles. The number of carboxylic acids is 1. The summed E-state index contributed by atoms with van der Waals surface area (Å²) in [6.07, 6.45) is 10.1. The van der Waals surface area contributed by atoms with Gasteiger partial charge in [0, 0.05) is 86.1 Å². The number of hydrogen-bond donors (Lipinski definition) is 4. The van der Waals surface area contributed by atoms with E-state index < -0.39 is 5.97 Å². The number of nitrogens with two attached hydrogens (primary N) is 1. The molecule has 0 amide bonds. The molecule has 0 radical (unpaired) electrons. The van der Waals surface area contributed by atoms with E-state index in [0.29, 0.717) is 58.6 Å². The molecule has 3 aromatic heterocycles. The van der Waals surface area contributed by atoms with E-state index in [1.54, 1.807) is 7.11 Å². The van der Waals surface area contributed by atoms with Crippen molar-refractivity contribution in [1.29, 1.82) is 0 Å². The predicted molar refractivity (Wildman–Crippen MR) is 242 cm³/mol. The van der Waals surface area contributed by atoms with Crippen molar-refractivity contribution in [3.8, 4) is 5.75 Å². The first-order valence-electron chi connectivity index (χ1n) is 22.0. The third kappa shape index (κ3) is 8.33. The van der Waals surface area contributed by atoms with E-state index in [1.165, 1.54) is 30.4 Å². The van der Waals surface area contributed by atoms with Gasteiger partial charge in [-0.15, -0.1) is 10.2 Å². The molecule has 5 fully saturated rings. The fourth-order valence-electron chi connectivity index (χ4n) is 12.1. The van der Waals surface area contributed by atoms with Crippen LogP contribution in [0.15, 0.2) is 41.5 Å². The van der Waals surface area contributed by atoms with Gasteiger partial charge in [0.2, 0.25) is 0 Å². The molecule has 5 atom stereocenters. The Kier molecular flexibility index (Phi) is 11.3. The maximum absolute atomic E-state index is 12.9. The summed E-state index contributed by atoms with van der Waals surface area (Å²) in [5.41, 5.74) is 11.2. The number of carboxylic acid groups (broad SMARTS) is 1. The van der Waals surface area contributed by atoms with Gasteiger partial charge < -0.3 is 35.8 Å². The standard InChI is InChI=1S/C46H60N10O4S/c1-28-33-7-6-14-56(41(33)54-53-40(28)52-43-50-36-19-32(59-5)8-10-37(36)61-43)38-11-9-34(39(51-38)42(57)58)35(23-47)29(2)49-24-31-21-45(4)25-44(3)20-30(31)22-46(26-44,27-45)60-18-17-55-15-12-48-13-16-55/h8-11,19,23,30-31,48H,6-7,12-18,20-22,24-27,47H2,1-5H3,(H,57,58)(H,50,52,53). The van der Waals surface area contributed by atoms with Crippen LogP contribution >= 0.6 is 11.3 Å². The van der Waals surface area contributed by atoms with Crippen molar-refractivity contribution in [3.63, 3.8) is 0 Å². The second kappa shape index (κ2) is 16.5. The summed E-state index contributed by atoms with van der Waals surface area (Å²) in [7, 11) is 1.64. The van der Waals surface area contributed by atoms with Gasteiger partial charge in [-0.3, -0.25) is 9.89 Å². The van der Waals surface area contributed by atoms with E-state index in [1.807, 2.05) is 49.1 Å². The van der Waals surface area contributed by atoms with Gasteiger partial charge in [0.1, 0.15) is 11.6 Å². The Labute approximate surface area is 362 Å². The van der Waals surface area contributed by atoms with Crippen LogP contribution in [0.3, 0.4) is 0 Å². The van der Waals surface area contributed by atoms with Crippen molar-refractivity contribution in [2.45, 2.75) is 84.7 Å². The first-order valence-corrected chi connectivity index (χ1v) is 22.8. The van der Waals surface area contributed by atoms with Gasteiger partial charge in [-0.2, -0.15) is 0 Å². The molecule has 10 rings (SSSR count). The average Bonchev–Trinajstić information content (AvgIpc) is 3.58. The molecule has 14 nitrogen and oxygen atoms in total. The number of hydrogen-bond acceptors (Lipinski definition) is 14. The Morgan fingerprint density at radius 3 is 2.66 bits per heavy atom. The molecule has 5 heterocycles. The minimum Gasteiger partial charge on any atom is -0.497 e. The molecule has 0 spiro atoms. The summed E-state index contributed by atoms with van der Waals surface area (Å²) in [5.74, 6) is 2.38. The smallest absolute Gasteiger partial charge is 0.355 e. The van der Waals surface area contributed by atoms with Crippen molar-refractivity contribution < 1.29 is 19.4 Å². The van der Waals surface area contributed by atoms with Gasteiger partial charge in [-0.25, -0.2) is 14.8 Å². The Hall–Kier alpha value is -4.70. The Morgan fingerprint density at radius 1 is 1.08 bits per heavy atom. The molecule has 15 heteroatoms. The number of nitrogens with one attached hydrogen (secondary N) is 2. The summed E-state index contributed by atoms with van der Waals surface area (Å²) in [5, 5.41) is 27.4. The van der Waals surface area contributed by atoms with Gasteiger partial charge in [0.05, 0.1) is 29.5 Å². The van der Waals surface area contributed by atoms with Crippen molar-refractivity contribution in [2.24, 2.45) is 33.4 Å². The van der Waals surface area contributed by atoms with Crippen LogP contribution in [-0.4, -0.2) is 107 Å². The van der Waals surface area contributed by atoms with Crippen molar-refractivity contribution in [3.05, 3.63) is 58.9 Å². The van der Waals surface area contributed by atoms with E-state index in [9.17, 15) is 9.90 Å². The number of nitrogens with zero attached hydrogens (tertiary/aromatic N) is 7. The van der Waals surface area contributed by atoms with E-state index >= 15 is 0 Å². The molecule has 2 aliphatic heterocycles.